The third-order valence-corrected chi connectivity index (χ3v) is 5.50. The van der Waals surface area contributed by atoms with Crippen LogP contribution in [0.4, 0.5) is 4.39 Å². The number of hydrogen-bond acceptors (Lipinski definition) is 3. The Labute approximate surface area is 174 Å². The van der Waals surface area contributed by atoms with E-state index in [1.165, 1.54) is 18.4 Å². The summed E-state index contributed by atoms with van der Waals surface area (Å²) in [6.07, 6.45) is 7.02. The van der Waals surface area contributed by atoms with E-state index in [0.29, 0.717) is 19.5 Å². The van der Waals surface area contributed by atoms with Gasteiger partial charge >= 0.3 is 8.25 Å². The maximum absolute atomic E-state index is 14.4. The lowest BCUT2D eigenvalue weighted by atomic mass is 9.99. The number of rotatable bonds is 14. The van der Waals surface area contributed by atoms with E-state index in [0.717, 1.165) is 42.4 Å². The molecule has 0 bridgehead atoms. The van der Waals surface area contributed by atoms with Gasteiger partial charge in [-0.15, -0.1) is 0 Å². The molecule has 0 aliphatic carbocycles. The van der Waals surface area contributed by atoms with Gasteiger partial charge in [0.05, 0.1) is 6.61 Å². The van der Waals surface area contributed by atoms with Crippen LogP contribution in [0.5, 0.6) is 0 Å². The molecule has 29 heavy (non-hydrogen) atoms. The van der Waals surface area contributed by atoms with Crippen LogP contribution in [0.1, 0.15) is 54.4 Å². The summed E-state index contributed by atoms with van der Waals surface area (Å²) in [7, 11) is -2.84. The molecule has 1 atom stereocenters. The fraction of sp³-hybridized carbons (Fsp3) is 0.478. The van der Waals surface area contributed by atoms with Crippen LogP contribution in [0.2, 0.25) is 0 Å². The van der Waals surface area contributed by atoms with Gasteiger partial charge in [-0.1, -0.05) is 49.2 Å². The SMILES string of the molecule is Cc1cc(CCCCCCc2ccccc2)c(F)cc1CNCCCO[PH](=O)O. The van der Waals surface area contributed by atoms with Crippen molar-refractivity contribution in [2.24, 2.45) is 0 Å². The summed E-state index contributed by atoms with van der Waals surface area (Å²) in [5.74, 6) is -0.126. The molecule has 2 N–H and O–H groups in total. The Bertz CT molecular complexity index is 755. The van der Waals surface area contributed by atoms with Gasteiger partial charge < -0.3 is 14.7 Å². The number of benzene rings is 2. The molecule has 0 aliphatic rings. The molecule has 0 radical (unpaired) electrons. The zero-order chi connectivity index (χ0) is 20.9. The average Bonchev–Trinajstić information content (AvgIpc) is 2.70. The van der Waals surface area contributed by atoms with Crippen molar-refractivity contribution in [3.05, 3.63) is 70.5 Å². The molecule has 1 unspecified atom stereocenters. The van der Waals surface area contributed by atoms with E-state index in [-0.39, 0.29) is 12.4 Å². The lowest BCUT2D eigenvalue weighted by Crippen LogP contribution is -2.17. The Morgan fingerprint density at radius 2 is 1.72 bits per heavy atom. The van der Waals surface area contributed by atoms with Gasteiger partial charge in [0.2, 0.25) is 0 Å². The minimum absolute atomic E-state index is 0.126. The van der Waals surface area contributed by atoms with Crippen molar-refractivity contribution in [1.29, 1.82) is 0 Å². The monoisotopic (exact) mass is 421 g/mol. The summed E-state index contributed by atoms with van der Waals surface area (Å²) < 4.78 is 29.5. The molecule has 2 rings (SSSR count). The number of nitrogens with one attached hydrogen (secondary N) is 1. The number of unbranched alkanes of at least 4 members (excludes halogenated alkanes) is 3. The minimum Gasteiger partial charge on any atom is -0.326 e. The third kappa shape index (κ3) is 9.68. The zero-order valence-corrected chi connectivity index (χ0v) is 18.3. The van der Waals surface area contributed by atoms with Crippen molar-refractivity contribution < 1.29 is 18.4 Å². The molecule has 0 saturated heterocycles. The summed E-state index contributed by atoms with van der Waals surface area (Å²) >= 11 is 0. The molecule has 2 aromatic carbocycles. The van der Waals surface area contributed by atoms with Crippen molar-refractivity contribution in [3.63, 3.8) is 0 Å². The van der Waals surface area contributed by atoms with Crippen molar-refractivity contribution >= 4 is 8.25 Å². The molecule has 0 saturated carbocycles. The van der Waals surface area contributed by atoms with E-state index in [2.05, 4.69) is 34.1 Å². The van der Waals surface area contributed by atoms with Crippen LogP contribution in [0.15, 0.2) is 42.5 Å². The summed E-state index contributed by atoms with van der Waals surface area (Å²) in [5.41, 5.74) is 4.23. The van der Waals surface area contributed by atoms with Crippen molar-refractivity contribution in [2.45, 2.75) is 58.4 Å². The van der Waals surface area contributed by atoms with E-state index in [9.17, 15) is 8.96 Å². The van der Waals surface area contributed by atoms with Crippen molar-refractivity contribution in [3.8, 4) is 0 Å². The molecule has 160 valence electrons. The van der Waals surface area contributed by atoms with Crippen LogP contribution < -0.4 is 5.32 Å². The fourth-order valence-corrected chi connectivity index (χ4v) is 3.71. The first kappa shape index (κ1) is 23.8. The van der Waals surface area contributed by atoms with Crippen molar-refractivity contribution in [2.75, 3.05) is 13.2 Å². The minimum atomic E-state index is -2.84. The Balaban J connectivity index is 1.65. The molecular weight excluding hydrogens is 388 g/mol. The van der Waals surface area contributed by atoms with Crippen LogP contribution in [0.25, 0.3) is 0 Å². The van der Waals surface area contributed by atoms with Crippen LogP contribution in [-0.4, -0.2) is 18.0 Å². The Hall–Kier alpha value is -1.52. The van der Waals surface area contributed by atoms with Crippen LogP contribution in [0, 0.1) is 12.7 Å². The molecule has 0 heterocycles. The normalized spacial score (nSPS) is 12.2. The van der Waals surface area contributed by atoms with Gasteiger partial charge in [-0.25, -0.2) is 4.39 Å². The number of hydrogen-bond donors (Lipinski definition) is 2. The topological polar surface area (TPSA) is 58.6 Å². The third-order valence-electron chi connectivity index (χ3n) is 5.05. The Kier molecular flexibility index (Phi) is 11.2. The standard InChI is InChI=1S/C23H33FNO3P/c1-19-16-21(13-8-3-2-5-10-20-11-6-4-7-12-20)23(24)17-22(19)18-25-14-9-15-28-29(26)27/h4,6-7,11-12,16-17,25,29H,2-3,5,8-10,13-15,18H2,1H3,(H,26,27). The number of aryl methyl sites for hydroxylation is 3. The second-order valence-corrected chi connectivity index (χ2v) is 8.24. The van der Waals surface area contributed by atoms with Crippen molar-refractivity contribution in [1.82, 2.24) is 5.32 Å². The maximum Gasteiger partial charge on any atom is 0.316 e. The second-order valence-electron chi connectivity index (χ2n) is 7.41. The highest BCUT2D eigenvalue weighted by atomic mass is 31.1. The molecule has 0 amide bonds. The van der Waals surface area contributed by atoms with E-state index in [1.807, 2.05) is 19.1 Å². The maximum atomic E-state index is 14.4. The van der Waals surface area contributed by atoms with E-state index < -0.39 is 8.25 Å². The lowest BCUT2D eigenvalue weighted by molar-refractivity contribution is 0.276. The largest absolute Gasteiger partial charge is 0.326 e. The fourth-order valence-electron chi connectivity index (χ4n) is 3.39. The van der Waals surface area contributed by atoms with E-state index in [4.69, 9.17) is 4.89 Å². The van der Waals surface area contributed by atoms with E-state index >= 15 is 0 Å². The van der Waals surface area contributed by atoms with Gasteiger partial charge in [-0.05, 0) is 73.9 Å². The second kappa shape index (κ2) is 13.7. The van der Waals surface area contributed by atoms with E-state index in [1.54, 1.807) is 6.07 Å². The summed E-state index contributed by atoms with van der Waals surface area (Å²) in [6, 6.07) is 14.1. The van der Waals surface area contributed by atoms with Gasteiger partial charge in [0.25, 0.3) is 0 Å². The summed E-state index contributed by atoms with van der Waals surface area (Å²) in [6.45, 7) is 3.50. The van der Waals surface area contributed by atoms with Gasteiger partial charge in [-0.2, -0.15) is 0 Å². The average molecular weight is 421 g/mol. The number of halogens is 1. The lowest BCUT2D eigenvalue weighted by Gasteiger charge is -2.11. The molecule has 6 heteroatoms. The summed E-state index contributed by atoms with van der Waals surface area (Å²) in [4.78, 5) is 8.59. The van der Waals surface area contributed by atoms with Crippen LogP contribution in [0.3, 0.4) is 0 Å². The Morgan fingerprint density at radius 3 is 2.45 bits per heavy atom. The molecule has 2 aromatic rings. The first-order valence-corrected chi connectivity index (χ1v) is 11.7. The molecule has 4 nitrogen and oxygen atoms in total. The predicted molar refractivity (Wildman–Crippen MR) is 117 cm³/mol. The smallest absolute Gasteiger partial charge is 0.316 e. The van der Waals surface area contributed by atoms with Gasteiger partial charge in [0.1, 0.15) is 5.82 Å². The van der Waals surface area contributed by atoms with Gasteiger partial charge in [-0.3, -0.25) is 4.57 Å². The highest BCUT2D eigenvalue weighted by Gasteiger charge is 2.07. The van der Waals surface area contributed by atoms with Crippen LogP contribution >= 0.6 is 8.25 Å². The van der Waals surface area contributed by atoms with Gasteiger partial charge in [0.15, 0.2) is 0 Å². The van der Waals surface area contributed by atoms with Gasteiger partial charge in [0, 0.05) is 6.54 Å². The summed E-state index contributed by atoms with van der Waals surface area (Å²) in [5, 5.41) is 3.22. The Morgan fingerprint density at radius 1 is 1.00 bits per heavy atom. The molecule has 0 aliphatic heterocycles. The molecule has 0 fully saturated rings. The molecule has 0 spiro atoms. The first-order valence-electron chi connectivity index (χ1n) is 10.4. The highest BCUT2D eigenvalue weighted by Crippen LogP contribution is 2.19. The molecular formula is C23H33FNO3P. The molecule has 0 aromatic heterocycles. The quantitative estimate of drug-likeness (QED) is 0.319. The van der Waals surface area contributed by atoms with Crippen LogP contribution in [-0.2, 0) is 28.5 Å². The predicted octanol–water partition coefficient (Wildman–Crippen LogP) is 5.36. The highest BCUT2D eigenvalue weighted by molar-refractivity contribution is 7.32. The zero-order valence-electron chi connectivity index (χ0n) is 17.3. The first-order chi connectivity index (χ1) is 14.1.